The summed E-state index contributed by atoms with van der Waals surface area (Å²) in [5, 5.41) is 3.34. The topological polar surface area (TPSA) is 86.8 Å². The average molecular weight is 570 g/mol. The maximum atomic E-state index is 14.0. The van der Waals surface area contributed by atoms with E-state index in [9.17, 15) is 18.0 Å². The molecule has 9 heteroatoms. The Morgan fingerprint density at radius 2 is 1.67 bits per heavy atom. The molecule has 0 radical (unpaired) electrons. The van der Waals surface area contributed by atoms with Gasteiger partial charge in [0.15, 0.2) is 0 Å². The van der Waals surface area contributed by atoms with Gasteiger partial charge in [0.1, 0.15) is 12.6 Å². The van der Waals surface area contributed by atoms with Crippen molar-refractivity contribution in [2.75, 3.05) is 17.4 Å². The van der Waals surface area contributed by atoms with E-state index in [1.807, 2.05) is 39.0 Å². The summed E-state index contributed by atoms with van der Waals surface area (Å²) in [6.45, 7) is 7.49. The molecule has 1 N–H and O–H groups in total. The van der Waals surface area contributed by atoms with Gasteiger partial charge in [-0.3, -0.25) is 13.9 Å². The van der Waals surface area contributed by atoms with Gasteiger partial charge in [-0.1, -0.05) is 73.5 Å². The third-order valence-electron chi connectivity index (χ3n) is 6.49. The molecular weight excluding hydrogens is 534 g/mol. The average Bonchev–Trinajstić information content (AvgIpc) is 2.93. The monoisotopic (exact) mass is 569 g/mol. The van der Waals surface area contributed by atoms with Crippen molar-refractivity contribution in [3.05, 3.63) is 94.5 Å². The number of hydrogen-bond acceptors (Lipinski definition) is 4. The van der Waals surface area contributed by atoms with E-state index in [-0.39, 0.29) is 17.3 Å². The van der Waals surface area contributed by atoms with Gasteiger partial charge in [0, 0.05) is 18.1 Å². The van der Waals surface area contributed by atoms with Crippen molar-refractivity contribution in [2.45, 2.75) is 58.0 Å². The number of rotatable bonds is 12. The molecule has 0 aliphatic carbocycles. The summed E-state index contributed by atoms with van der Waals surface area (Å²) < 4.78 is 29.1. The van der Waals surface area contributed by atoms with Crippen molar-refractivity contribution in [2.24, 2.45) is 0 Å². The number of sulfonamides is 1. The highest BCUT2D eigenvalue weighted by atomic mass is 35.5. The van der Waals surface area contributed by atoms with E-state index < -0.39 is 28.5 Å². The van der Waals surface area contributed by atoms with Crippen LogP contribution in [-0.4, -0.2) is 44.3 Å². The van der Waals surface area contributed by atoms with Crippen LogP contribution in [0.3, 0.4) is 0 Å². The van der Waals surface area contributed by atoms with E-state index in [0.29, 0.717) is 23.7 Å². The minimum absolute atomic E-state index is 0.0851. The zero-order chi connectivity index (χ0) is 28.6. The number of anilines is 1. The number of aryl methyl sites for hydroxylation is 2. The molecule has 0 bridgehead atoms. The van der Waals surface area contributed by atoms with Gasteiger partial charge >= 0.3 is 0 Å². The fourth-order valence-corrected chi connectivity index (χ4v) is 5.88. The van der Waals surface area contributed by atoms with Crippen LogP contribution in [0.4, 0.5) is 5.69 Å². The van der Waals surface area contributed by atoms with Crippen LogP contribution >= 0.6 is 11.6 Å². The number of hydrogen-bond donors (Lipinski definition) is 1. The number of amides is 2. The van der Waals surface area contributed by atoms with Gasteiger partial charge in [-0.15, -0.1) is 0 Å². The Morgan fingerprint density at radius 1 is 0.974 bits per heavy atom. The molecule has 0 aliphatic rings. The fourth-order valence-electron chi connectivity index (χ4n) is 4.21. The summed E-state index contributed by atoms with van der Waals surface area (Å²) in [7, 11) is -4.11. The van der Waals surface area contributed by atoms with Crippen molar-refractivity contribution in [1.29, 1.82) is 0 Å². The number of carbonyl (C=O) groups excluding carboxylic acids is 2. The fraction of sp³-hybridized carbons (Fsp3) is 0.333. The second-order valence-corrected chi connectivity index (χ2v) is 11.7. The van der Waals surface area contributed by atoms with E-state index >= 15 is 0 Å². The first-order valence-electron chi connectivity index (χ1n) is 13.1. The molecular formula is C30H36ClN3O4S. The molecule has 2 amide bonds. The molecule has 7 nitrogen and oxygen atoms in total. The molecule has 39 heavy (non-hydrogen) atoms. The first-order chi connectivity index (χ1) is 18.6. The highest BCUT2D eigenvalue weighted by Gasteiger charge is 2.33. The van der Waals surface area contributed by atoms with Crippen LogP contribution in [0.1, 0.15) is 43.9 Å². The van der Waals surface area contributed by atoms with E-state index in [1.54, 1.807) is 61.5 Å². The first kappa shape index (κ1) is 30.2. The van der Waals surface area contributed by atoms with E-state index in [1.165, 1.54) is 4.90 Å². The molecule has 0 aliphatic heterocycles. The molecule has 0 spiro atoms. The molecule has 0 saturated heterocycles. The zero-order valence-corrected chi connectivity index (χ0v) is 24.4. The molecule has 1 atom stereocenters. The van der Waals surface area contributed by atoms with E-state index in [0.717, 1.165) is 27.4 Å². The highest BCUT2D eigenvalue weighted by Crippen LogP contribution is 2.28. The number of halogens is 1. The summed E-state index contributed by atoms with van der Waals surface area (Å²) in [5.41, 5.74) is 2.87. The summed E-state index contributed by atoms with van der Waals surface area (Å²) in [6, 6.07) is 19.9. The molecule has 0 fully saturated rings. The third kappa shape index (κ3) is 7.61. The normalized spacial score (nSPS) is 12.0. The maximum absolute atomic E-state index is 14.0. The molecule has 3 aromatic carbocycles. The van der Waals surface area contributed by atoms with E-state index in [2.05, 4.69) is 5.32 Å². The highest BCUT2D eigenvalue weighted by molar-refractivity contribution is 7.92. The molecule has 0 heterocycles. The lowest BCUT2D eigenvalue weighted by Gasteiger charge is -2.32. The lowest BCUT2D eigenvalue weighted by Crippen LogP contribution is -2.51. The second-order valence-electron chi connectivity index (χ2n) is 9.43. The molecule has 0 aromatic heterocycles. The van der Waals surface area contributed by atoms with Gasteiger partial charge in [0.05, 0.1) is 10.6 Å². The minimum atomic E-state index is -4.11. The van der Waals surface area contributed by atoms with Crippen LogP contribution in [0.25, 0.3) is 0 Å². The predicted octanol–water partition coefficient (Wildman–Crippen LogP) is 5.35. The van der Waals surface area contributed by atoms with Crippen LogP contribution in [0.5, 0.6) is 0 Å². The van der Waals surface area contributed by atoms with Crippen LogP contribution in [0.15, 0.2) is 77.7 Å². The smallest absolute Gasteiger partial charge is 0.264 e. The van der Waals surface area contributed by atoms with Gasteiger partial charge in [-0.2, -0.15) is 0 Å². The summed E-state index contributed by atoms with van der Waals surface area (Å²) >= 11 is 6.18. The Bertz CT molecular complexity index is 1390. The number of nitrogens with zero attached hydrogens (tertiary/aromatic N) is 2. The van der Waals surface area contributed by atoms with Crippen molar-refractivity contribution >= 4 is 39.1 Å². The third-order valence-corrected chi connectivity index (χ3v) is 8.50. The van der Waals surface area contributed by atoms with Gasteiger partial charge in [0.2, 0.25) is 11.8 Å². The van der Waals surface area contributed by atoms with Crippen LogP contribution < -0.4 is 9.62 Å². The zero-order valence-electron chi connectivity index (χ0n) is 22.9. The quantitative estimate of drug-likeness (QED) is 0.318. The Labute approximate surface area is 236 Å². The molecule has 0 unspecified atom stereocenters. The second kappa shape index (κ2) is 13.6. The van der Waals surface area contributed by atoms with Gasteiger partial charge in [-0.25, -0.2) is 8.42 Å². The molecule has 3 aromatic rings. The largest absolute Gasteiger partial charge is 0.354 e. The summed E-state index contributed by atoms with van der Waals surface area (Å²) in [6.07, 6.45) is 1.32. The Balaban J connectivity index is 2.06. The number of para-hydroxylation sites is 1. The van der Waals surface area contributed by atoms with E-state index in [4.69, 9.17) is 11.6 Å². The Morgan fingerprint density at radius 3 is 2.31 bits per heavy atom. The van der Waals surface area contributed by atoms with Gasteiger partial charge in [0.25, 0.3) is 10.0 Å². The Hall–Kier alpha value is -3.36. The van der Waals surface area contributed by atoms with Gasteiger partial charge in [-0.05, 0) is 68.1 Å². The van der Waals surface area contributed by atoms with Crippen LogP contribution in [0.2, 0.25) is 5.02 Å². The maximum Gasteiger partial charge on any atom is 0.264 e. The Kier molecular flexibility index (Phi) is 10.5. The first-order valence-corrected chi connectivity index (χ1v) is 14.9. The lowest BCUT2D eigenvalue weighted by atomic mass is 10.1. The summed E-state index contributed by atoms with van der Waals surface area (Å²) in [5.74, 6) is -0.815. The van der Waals surface area contributed by atoms with Crippen LogP contribution in [0, 0.1) is 6.92 Å². The van der Waals surface area contributed by atoms with Gasteiger partial charge < -0.3 is 10.2 Å². The van der Waals surface area contributed by atoms with Crippen molar-refractivity contribution in [3.8, 4) is 0 Å². The number of carbonyl (C=O) groups is 2. The molecule has 0 saturated carbocycles. The molecule has 208 valence electrons. The van der Waals surface area contributed by atoms with Crippen LogP contribution in [-0.2, 0) is 32.6 Å². The van der Waals surface area contributed by atoms with Crippen molar-refractivity contribution < 1.29 is 18.0 Å². The number of nitrogens with one attached hydrogen (secondary N) is 1. The standard InChI is InChI=1S/C30H36ClN3O4S/c1-5-18-32-30(36)23(4)33(20-24-10-9-12-26(31)19-24)29(35)21-34(28-13-8-7-11-25(28)6-2)39(37,38)27-16-14-22(3)15-17-27/h7-17,19,23H,5-6,18,20-21H2,1-4H3,(H,32,36)/t23-/m0/s1. The molecule has 3 rings (SSSR count). The summed E-state index contributed by atoms with van der Waals surface area (Å²) in [4.78, 5) is 28.4. The number of benzene rings is 3. The van der Waals surface area contributed by atoms with Crippen molar-refractivity contribution in [3.63, 3.8) is 0 Å². The SMILES string of the molecule is CCCNC(=O)[C@H](C)N(Cc1cccc(Cl)c1)C(=O)CN(c1ccccc1CC)S(=O)(=O)c1ccc(C)cc1. The minimum Gasteiger partial charge on any atom is -0.354 e. The predicted molar refractivity (Wildman–Crippen MR) is 156 cm³/mol. The lowest BCUT2D eigenvalue weighted by molar-refractivity contribution is -0.139. The van der Waals surface area contributed by atoms with Crippen molar-refractivity contribution in [1.82, 2.24) is 10.2 Å².